The molecule has 0 spiro atoms. The van der Waals surface area contributed by atoms with E-state index in [4.69, 9.17) is 10.8 Å². The summed E-state index contributed by atoms with van der Waals surface area (Å²) in [5, 5.41) is 8.66. The van der Waals surface area contributed by atoms with Crippen LogP contribution in [0, 0.1) is 0 Å². The Bertz CT molecular complexity index is 252. The maximum absolute atomic E-state index is 10.6. The number of amides is 1. The van der Waals surface area contributed by atoms with Crippen LogP contribution in [-0.2, 0) is 4.79 Å². The Hall–Kier alpha value is -0.830. The molecule has 0 fully saturated rings. The van der Waals surface area contributed by atoms with Crippen molar-refractivity contribution in [3.63, 3.8) is 0 Å². The summed E-state index contributed by atoms with van der Waals surface area (Å²) in [7, 11) is 0. The lowest BCUT2D eigenvalue weighted by atomic mass is 10.1. The third kappa shape index (κ3) is 19.2. The number of carbonyl (C=O) groups is 1. The van der Waals surface area contributed by atoms with E-state index in [2.05, 4.69) is 12.2 Å². The van der Waals surface area contributed by atoms with Crippen LogP contribution in [0.3, 0.4) is 0 Å². The molecule has 21 heavy (non-hydrogen) atoms. The molecule has 0 saturated carbocycles. The van der Waals surface area contributed by atoms with E-state index in [9.17, 15) is 4.79 Å². The summed E-state index contributed by atoms with van der Waals surface area (Å²) < 4.78 is 0. The number of nitrogens with two attached hydrogens (primary N) is 1. The molecule has 0 heterocycles. The van der Waals surface area contributed by atoms with Crippen LogP contribution in [0.1, 0.15) is 89.9 Å². The Morgan fingerprint density at radius 2 is 1.14 bits per heavy atom. The van der Waals surface area contributed by atoms with Gasteiger partial charge in [-0.2, -0.15) is 0 Å². The smallest absolute Gasteiger partial charge is 0.217 e. The molecule has 0 aliphatic carbocycles. The van der Waals surface area contributed by atoms with Crippen molar-refractivity contribution in [1.82, 2.24) is 0 Å². The summed E-state index contributed by atoms with van der Waals surface area (Å²) in [4.78, 5) is 10.6. The lowest BCUT2D eigenvalue weighted by molar-refractivity contribution is -0.118. The molecule has 0 saturated heterocycles. The number of aliphatic hydroxyl groups excluding tert-OH is 1. The van der Waals surface area contributed by atoms with Crippen molar-refractivity contribution in [2.24, 2.45) is 5.73 Å². The first-order valence-corrected chi connectivity index (χ1v) is 8.81. The predicted molar refractivity (Wildman–Crippen MR) is 90.1 cm³/mol. The van der Waals surface area contributed by atoms with E-state index >= 15 is 0 Å². The highest BCUT2D eigenvalue weighted by molar-refractivity contribution is 5.73. The molecule has 1 amide bonds. The average Bonchev–Trinajstić information content (AvgIpc) is 2.46. The van der Waals surface area contributed by atoms with Gasteiger partial charge >= 0.3 is 0 Å². The van der Waals surface area contributed by atoms with Gasteiger partial charge in [0, 0.05) is 13.0 Å². The van der Waals surface area contributed by atoms with Gasteiger partial charge in [0.05, 0.1) is 0 Å². The quantitative estimate of drug-likeness (QED) is 0.326. The van der Waals surface area contributed by atoms with Gasteiger partial charge in [-0.05, 0) is 38.5 Å². The van der Waals surface area contributed by atoms with Crippen molar-refractivity contribution in [2.75, 3.05) is 6.61 Å². The second kappa shape index (κ2) is 17.2. The van der Waals surface area contributed by atoms with E-state index in [1.807, 2.05) is 0 Å². The van der Waals surface area contributed by atoms with Crippen molar-refractivity contribution >= 4 is 5.91 Å². The fourth-order valence-electron chi connectivity index (χ4n) is 2.41. The Kier molecular flexibility index (Phi) is 16.5. The SMILES string of the molecule is NC(=O)CCCCCCC/C=C\CCCCCCCCO. The van der Waals surface area contributed by atoms with Gasteiger partial charge in [0.25, 0.3) is 0 Å². The third-order valence-corrected chi connectivity index (χ3v) is 3.74. The van der Waals surface area contributed by atoms with Gasteiger partial charge in [-0.1, -0.05) is 57.1 Å². The molecule has 0 aromatic rings. The zero-order chi connectivity index (χ0) is 15.6. The van der Waals surface area contributed by atoms with E-state index in [0.29, 0.717) is 13.0 Å². The van der Waals surface area contributed by atoms with Gasteiger partial charge in [-0.3, -0.25) is 4.79 Å². The van der Waals surface area contributed by atoms with Crippen molar-refractivity contribution in [2.45, 2.75) is 89.9 Å². The molecule has 3 heteroatoms. The van der Waals surface area contributed by atoms with Crippen LogP contribution in [0.5, 0.6) is 0 Å². The molecule has 0 bridgehead atoms. The van der Waals surface area contributed by atoms with Crippen LogP contribution in [0.25, 0.3) is 0 Å². The predicted octanol–water partition coefficient (Wildman–Crippen LogP) is 4.48. The van der Waals surface area contributed by atoms with E-state index < -0.39 is 0 Å². The number of hydrogen-bond acceptors (Lipinski definition) is 2. The maximum Gasteiger partial charge on any atom is 0.217 e. The lowest BCUT2D eigenvalue weighted by Crippen LogP contribution is -2.09. The average molecular weight is 297 g/mol. The topological polar surface area (TPSA) is 63.3 Å². The van der Waals surface area contributed by atoms with Gasteiger partial charge < -0.3 is 10.8 Å². The minimum Gasteiger partial charge on any atom is -0.396 e. The zero-order valence-electron chi connectivity index (χ0n) is 13.7. The number of carbonyl (C=O) groups excluding carboxylic acids is 1. The Morgan fingerprint density at radius 3 is 1.62 bits per heavy atom. The van der Waals surface area contributed by atoms with Crippen molar-refractivity contribution < 1.29 is 9.90 Å². The minimum atomic E-state index is -0.175. The van der Waals surface area contributed by atoms with Crippen LogP contribution in [0.2, 0.25) is 0 Å². The number of primary amides is 1. The highest BCUT2D eigenvalue weighted by atomic mass is 16.2. The van der Waals surface area contributed by atoms with E-state index in [0.717, 1.165) is 19.3 Å². The fraction of sp³-hybridized carbons (Fsp3) is 0.833. The Labute approximate surface area is 131 Å². The molecule has 0 atom stereocenters. The number of aliphatic hydroxyl groups is 1. The third-order valence-electron chi connectivity index (χ3n) is 3.74. The molecule has 3 nitrogen and oxygen atoms in total. The molecule has 3 N–H and O–H groups in total. The second-order valence-electron chi connectivity index (χ2n) is 5.88. The standard InChI is InChI=1S/C18H35NO2/c19-18(21)16-14-12-10-8-6-4-2-1-3-5-7-9-11-13-15-17-20/h1-2,20H,3-17H2,(H2,19,21)/b2-1-. The first-order chi connectivity index (χ1) is 10.3. The number of allylic oxidation sites excluding steroid dienone is 2. The largest absolute Gasteiger partial charge is 0.396 e. The Balaban J connectivity index is 3.07. The summed E-state index contributed by atoms with van der Waals surface area (Å²) in [5.74, 6) is -0.175. The summed E-state index contributed by atoms with van der Waals surface area (Å²) in [6, 6.07) is 0. The van der Waals surface area contributed by atoms with Crippen molar-refractivity contribution in [3.05, 3.63) is 12.2 Å². The van der Waals surface area contributed by atoms with E-state index in [1.165, 1.54) is 64.2 Å². The first-order valence-electron chi connectivity index (χ1n) is 8.81. The van der Waals surface area contributed by atoms with Gasteiger partial charge in [-0.15, -0.1) is 0 Å². The van der Waals surface area contributed by atoms with Gasteiger partial charge in [0.15, 0.2) is 0 Å². The van der Waals surface area contributed by atoms with Gasteiger partial charge in [0.2, 0.25) is 5.91 Å². The monoisotopic (exact) mass is 297 g/mol. The minimum absolute atomic E-state index is 0.175. The first kappa shape index (κ1) is 20.2. The van der Waals surface area contributed by atoms with Gasteiger partial charge in [0.1, 0.15) is 0 Å². The van der Waals surface area contributed by atoms with Crippen LogP contribution >= 0.6 is 0 Å². The van der Waals surface area contributed by atoms with Gasteiger partial charge in [-0.25, -0.2) is 0 Å². The molecular formula is C18H35NO2. The summed E-state index contributed by atoms with van der Waals surface area (Å²) in [6.07, 6.45) is 20.7. The van der Waals surface area contributed by atoms with Crippen LogP contribution in [0.4, 0.5) is 0 Å². The second-order valence-corrected chi connectivity index (χ2v) is 5.88. The highest BCUT2D eigenvalue weighted by Gasteiger charge is 1.94. The van der Waals surface area contributed by atoms with Crippen molar-refractivity contribution in [3.8, 4) is 0 Å². The molecule has 0 radical (unpaired) electrons. The van der Waals surface area contributed by atoms with E-state index in [-0.39, 0.29) is 5.91 Å². The summed E-state index contributed by atoms with van der Waals surface area (Å²) >= 11 is 0. The molecule has 0 rings (SSSR count). The zero-order valence-corrected chi connectivity index (χ0v) is 13.7. The molecule has 0 aliphatic heterocycles. The van der Waals surface area contributed by atoms with Crippen molar-refractivity contribution in [1.29, 1.82) is 0 Å². The molecule has 0 aromatic carbocycles. The Morgan fingerprint density at radius 1 is 0.714 bits per heavy atom. The molecule has 0 aromatic heterocycles. The maximum atomic E-state index is 10.6. The summed E-state index contributed by atoms with van der Waals surface area (Å²) in [6.45, 7) is 0.341. The molecule has 0 unspecified atom stereocenters. The molecular weight excluding hydrogens is 262 g/mol. The number of rotatable bonds is 16. The van der Waals surface area contributed by atoms with Crippen LogP contribution in [-0.4, -0.2) is 17.6 Å². The fourth-order valence-corrected chi connectivity index (χ4v) is 2.41. The van der Waals surface area contributed by atoms with Crippen LogP contribution < -0.4 is 5.73 Å². The molecule has 124 valence electrons. The summed E-state index contributed by atoms with van der Waals surface area (Å²) in [5.41, 5.74) is 5.10. The van der Waals surface area contributed by atoms with E-state index in [1.54, 1.807) is 0 Å². The highest BCUT2D eigenvalue weighted by Crippen LogP contribution is 2.09. The van der Waals surface area contributed by atoms with Crippen LogP contribution in [0.15, 0.2) is 12.2 Å². The lowest BCUT2D eigenvalue weighted by Gasteiger charge is -1.99. The number of hydrogen-bond donors (Lipinski definition) is 2. The molecule has 0 aliphatic rings. The normalized spacial score (nSPS) is 11.3. The number of unbranched alkanes of at least 4 members (excludes halogenated alkanes) is 11.